The Morgan fingerprint density at radius 2 is 2.31 bits per heavy atom. The van der Waals surface area contributed by atoms with Crippen LogP contribution < -0.4 is 5.32 Å². The first-order chi connectivity index (χ1) is 7.66. The summed E-state index contributed by atoms with van der Waals surface area (Å²) in [6, 6.07) is 0.101. The molecule has 0 radical (unpaired) electrons. The summed E-state index contributed by atoms with van der Waals surface area (Å²) in [6.45, 7) is 4.67. The van der Waals surface area contributed by atoms with Crippen molar-refractivity contribution >= 4 is 0 Å². The molecule has 2 aromatic rings. The molecule has 2 heterocycles. The largest absolute Gasteiger partial charge is 0.444 e. The highest BCUT2D eigenvalue weighted by Crippen LogP contribution is 2.12. The Hall–Kier alpha value is -1.62. The Morgan fingerprint density at radius 3 is 2.88 bits per heavy atom. The summed E-state index contributed by atoms with van der Waals surface area (Å²) in [5.74, 6) is 1.56. The van der Waals surface area contributed by atoms with Gasteiger partial charge in [0.05, 0.1) is 24.3 Å². The monoisotopic (exact) mass is 220 g/mol. The highest BCUT2D eigenvalue weighted by Gasteiger charge is 2.11. The number of hydrogen-bond donors (Lipinski definition) is 1. The fourth-order valence-corrected chi connectivity index (χ4v) is 1.47. The van der Waals surface area contributed by atoms with Gasteiger partial charge in [-0.3, -0.25) is 0 Å². The van der Waals surface area contributed by atoms with Crippen molar-refractivity contribution in [2.75, 3.05) is 0 Å². The van der Waals surface area contributed by atoms with Crippen molar-refractivity contribution < 1.29 is 4.42 Å². The second kappa shape index (κ2) is 4.49. The van der Waals surface area contributed by atoms with Crippen LogP contribution in [0.25, 0.3) is 0 Å². The van der Waals surface area contributed by atoms with E-state index in [0.29, 0.717) is 0 Å². The zero-order valence-electron chi connectivity index (χ0n) is 9.77. The van der Waals surface area contributed by atoms with Gasteiger partial charge in [-0.2, -0.15) is 0 Å². The van der Waals surface area contributed by atoms with Crippen LogP contribution in [0.1, 0.15) is 30.3 Å². The molecule has 0 fully saturated rings. The van der Waals surface area contributed by atoms with Crippen molar-refractivity contribution in [1.82, 2.24) is 19.9 Å². The number of nitrogens with one attached hydrogen (secondary N) is 1. The van der Waals surface area contributed by atoms with Crippen molar-refractivity contribution in [3.63, 3.8) is 0 Å². The molecule has 0 aromatic carbocycles. The summed E-state index contributed by atoms with van der Waals surface area (Å²) in [4.78, 5) is 8.25. The van der Waals surface area contributed by atoms with Crippen LogP contribution in [0, 0.1) is 6.92 Å². The lowest BCUT2D eigenvalue weighted by molar-refractivity contribution is 0.400. The van der Waals surface area contributed by atoms with Gasteiger partial charge in [-0.15, -0.1) is 0 Å². The van der Waals surface area contributed by atoms with Crippen LogP contribution in [0.2, 0.25) is 0 Å². The maximum Gasteiger partial charge on any atom is 0.211 e. The molecule has 2 aromatic heterocycles. The smallest absolute Gasteiger partial charge is 0.211 e. The molecular weight excluding hydrogens is 204 g/mol. The summed E-state index contributed by atoms with van der Waals surface area (Å²) >= 11 is 0. The standard InChI is InChI=1S/C11H16N4O/c1-8-4-14-11(16-8)9(2)13-6-10-5-12-7-15(10)3/h4-5,7,9,13H,6H2,1-3H3. The SMILES string of the molecule is Cc1cnc(C(C)NCc2cncn2C)o1. The lowest BCUT2D eigenvalue weighted by atomic mass is 10.3. The average molecular weight is 220 g/mol. The number of oxazole rings is 1. The lowest BCUT2D eigenvalue weighted by Gasteiger charge is -2.10. The number of nitrogens with zero attached hydrogens (tertiary/aromatic N) is 3. The van der Waals surface area contributed by atoms with E-state index in [-0.39, 0.29) is 6.04 Å². The van der Waals surface area contributed by atoms with E-state index in [1.54, 1.807) is 12.5 Å². The molecule has 5 nitrogen and oxygen atoms in total. The third-order valence-electron chi connectivity index (χ3n) is 2.52. The summed E-state index contributed by atoms with van der Waals surface area (Å²) in [5, 5.41) is 3.34. The molecule has 0 aliphatic carbocycles. The van der Waals surface area contributed by atoms with Crippen molar-refractivity contribution in [1.29, 1.82) is 0 Å². The van der Waals surface area contributed by atoms with Crippen LogP contribution in [0.4, 0.5) is 0 Å². The highest BCUT2D eigenvalue weighted by atomic mass is 16.4. The molecule has 0 saturated heterocycles. The van der Waals surface area contributed by atoms with Crippen LogP contribution in [0.5, 0.6) is 0 Å². The van der Waals surface area contributed by atoms with Crippen molar-refractivity contribution in [3.8, 4) is 0 Å². The quantitative estimate of drug-likeness (QED) is 0.849. The van der Waals surface area contributed by atoms with Gasteiger partial charge in [0.1, 0.15) is 5.76 Å². The van der Waals surface area contributed by atoms with E-state index in [1.807, 2.05) is 31.7 Å². The maximum absolute atomic E-state index is 5.45. The molecule has 1 atom stereocenters. The number of rotatable bonds is 4. The second-order valence-corrected chi connectivity index (χ2v) is 3.91. The third kappa shape index (κ3) is 2.30. The van der Waals surface area contributed by atoms with E-state index in [4.69, 9.17) is 4.42 Å². The molecule has 0 saturated carbocycles. The van der Waals surface area contributed by atoms with Gasteiger partial charge in [-0.25, -0.2) is 9.97 Å². The normalized spacial score (nSPS) is 12.9. The first-order valence-corrected chi connectivity index (χ1v) is 5.27. The lowest BCUT2D eigenvalue weighted by Crippen LogP contribution is -2.19. The average Bonchev–Trinajstić information content (AvgIpc) is 2.84. The van der Waals surface area contributed by atoms with E-state index in [1.165, 1.54) is 0 Å². The van der Waals surface area contributed by atoms with E-state index < -0.39 is 0 Å². The first kappa shape index (κ1) is 10.9. The number of hydrogen-bond acceptors (Lipinski definition) is 4. The molecule has 0 amide bonds. The first-order valence-electron chi connectivity index (χ1n) is 5.27. The Morgan fingerprint density at radius 1 is 1.50 bits per heavy atom. The summed E-state index contributed by atoms with van der Waals surface area (Å²) in [5.41, 5.74) is 1.13. The minimum absolute atomic E-state index is 0.101. The molecule has 0 bridgehead atoms. The molecule has 2 rings (SSSR count). The van der Waals surface area contributed by atoms with Crippen LogP contribution in [0.3, 0.4) is 0 Å². The van der Waals surface area contributed by atoms with E-state index in [0.717, 1.165) is 23.9 Å². The van der Waals surface area contributed by atoms with Crippen molar-refractivity contribution in [3.05, 3.63) is 36.1 Å². The fraction of sp³-hybridized carbons (Fsp3) is 0.455. The van der Waals surface area contributed by atoms with Gasteiger partial charge in [0.15, 0.2) is 0 Å². The minimum Gasteiger partial charge on any atom is -0.444 e. The fourth-order valence-electron chi connectivity index (χ4n) is 1.47. The predicted molar refractivity (Wildman–Crippen MR) is 59.7 cm³/mol. The molecule has 0 spiro atoms. The number of imidazole rings is 1. The Balaban J connectivity index is 1.93. The summed E-state index contributed by atoms with van der Waals surface area (Å²) in [7, 11) is 1.98. The van der Waals surface area contributed by atoms with Crippen LogP contribution in [0.15, 0.2) is 23.1 Å². The topological polar surface area (TPSA) is 55.9 Å². The van der Waals surface area contributed by atoms with Crippen molar-refractivity contribution in [2.45, 2.75) is 26.4 Å². The van der Waals surface area contributed by atoms with Crippen LogP contribution in [-0.4, -0.2) is 14.5 Å². The molecule has 1 unspecified atom stereocenters. The van der Waals surface area contributed by atoms with Gasteiger partial charge in [-0.05, 0) is 13.8 Å². The van der Waals surface area contributed by atoms with Gasteiger partial charge in [0.2, 0.25) is 5.89 Å². The maximum atomic E-state index is 5.45. The molecule has 86 valence electrons. The number of aromatic nitrogens is 3. The molecular formula is C11H16N4O. The van der Waals surface area contributed by atoms with E-state index in [9.17, 15) is 0 Å². The van der Waals surface area contributed by atoms with Crippen LogP contribution in [-0.2, 0) is 13.6 Å². The molecule has 16 heavy (non-hydrogen) atoms. The van der Waals surface area contributed by atoms with Gasteiger partial charge < -0.3 is 14.3 Å². The van der Waals surface area contributed by atoms with E-state index in [2.05, 4.69) is 15.3 Å². The summed E-state index contributed by atoms with van der Waals surface area (Å²) in [6.07, 6.45) is 5.37. The van der Waals surface area contributed by atoms with Crippen LogP contribution >= 0.6 is 0 Å². The van der Waals surface area contributed by atoms with Gasteiger partial charge in [0.25, 0.3) is 0 Å². The molecule has 0 aliphatic heterocycles. The highest BCUT2D eigenvalue weighted by molar-refractivity contribution is 4.99. The van der Waals surface area contributed by atoms with Gasteiger partial charge in [-0.1, -0.05) is 0 Å². The zero-order valence-corrected chi connectivity index (χ0v) is 9.77. The Bertz CT molecular complexity index is 460. The second-order valence-electron chi connectivity index (χ2n) is 3.91. The van der Waals surface area contributed by atoms with E-state index >= 15 is 0 Å². The number of aryl methyl sites for hydroxylation is 2. The molecule has 1 N–H and O–H groups in total. The molecule has 0 aliphatic rings. The van der Waals surface area contributed by atoms with Crippen molar-refractivity contribution in [2.24, 2.45) is 7.05 Å². The van der Waals surface area contributed by atoms with Gasteiger partial charge in [0, 0.05) is 19.8 Å². The predicted octanol–water partition coefficient (Wildman–Crippen LogP) is 1.57. The Kier molecular flexibility index (Phi) is 3.05. The summed E-state index contributed by atoms with van der Waals surface area (Å²) < 4.78 is 7.44. The third-order valence-corrected chi connectivity index (χ3v) is 2.52. The zero-order chi connectivity index (χ0) is 11.5. The van der Waals surface area contributed by atoms with Gasteiger partial charge >= 0.3 is 0 Å². The minimum atomic E-state index is 0.101. The Labute approximate surface area is 94.5 Å². The molecule has 5 heteroatoms.